The van der Waals surface area contributed by atoms with E-state index in [9.17, 15) is 0 Å². The van der Waals surface area contributed by atoms with Crippen LogP contribution in [0.25, 0.3) is 6.08 Å². The van der Waals surface area contributed by atoms with E-state index in [1.807, 2.05) is 71.8 Å². The fourth-order valence-electron chi connectivity index (χ4n) is 3.62. The molecule has 0 aliphatic heterocycles. The number of imidazole rings is 1. The molecule has 2 heterocycles. The van der Waals surface area contributed by atoms with Gasteiger partial charge < -0.3 is 18.6 Å². The molecular weight excluding hydrogens is 648 g/mol. The minimum Gasteiger partial charge on any atom is -0.356 e. The van der Waals surface area contributed by atoms with E-state index in [1.54, 1.807) is 29.7 Å². The molecule has 0 spiro atoms. The molecule has 0 unspecified atom stereocenters. The largest absolute Gasteiger partial charge is 0.356 e. The van der Waals surface area contributed by atoms with Crippen molar-refractivity contribution >= 4 is 66.5 Å². The Morgan fingerprint density at radius 3 is 2.18 bits per heavy atom. The summed E-state index contributed by atoms with van der Waals surface area (Å²) in [6.45, 7) is 1.91. The molecule has 0 amide bonds. The lowest BCUT2D eigenvalue weighted by Gasteiger charge is -2.12. The van der Waals surface area contributed by atoms with Crippen LogP contribution in [0.4, 0.5) is 0 Å². The van der Waals surface area contributed by atoms with Crippen molar-refractivity contribution in [3.05, 3.63) is 111 Å². The molecule has 198 valence electrons. The molecule has 0 saturated heterocycles. The van der Waals surface area contributed by atoms with Gasteiger partial charge in [0, 0.05) is 12.4 Å². The lowest BCUT2D eigenvalue weighted by atomic mass is 10.2. The number of aliphatic imine (C=N–C) groups is 1. The first-order valence-electron chi connectivity index (χ1n) is 11.8. The van der Waals surface area contributed by atoms with Gasteiger partial charge in [-0.25, -0.2) is 9.98 Å². The van der Waals surface area contributed by atoms with Gasteiger partial charge in [-0.3, -0.25) is 0 Å². The van der Waals surface area contributed by atoms with Crippen molar-refractivity contribution < 1.29 is 9.47 Å². The summed E-state index contributed by atoms with van der Waals surface area (Å²) in [6.07, 6.45) is 9.71. The average molecular weight is 676 g/mol. The SMILES string of the molecule is CSC(=N/C=C/c1cn(COCc2ccccc2)c(SC)n1)c1cc(Br)c(Br)n1COCc1ccccc1. The number of aromatic nitrogens is 3. The molecule has 4 aromatic rings. The van der Waals surface area contributed by atoms with Gasteiger partial charge in [-0.2, -0.15) is 0 Å². The van der Waals surface area contributed by atoms with Crippen LogP contribution < -0.4 is 0 Å². The highest BCUT2D eigenvalue weighted by atomic mass is 79.9. The summed E-state index contributed by atoms with van der Waals surface area (Å²) < 4.78 is 17.8. The number of nitrogens with zero attached hydrogens (tertiary/aromatic N) is 4. The molecule has 0 N–H and O–H groups in total. The lowest BCUT2D eigenvalue weighted by Crippen LogP contribution is -2.10. The van der Waals surface area contributed by atoms with Crippen LogP contribution in [0.3, 0.4) is 0 Å². The van der Waals surface area contributed by atoms with E-state index in [0.717, 1.165) is 41.8 Å². The van der Waals surface area contributed by atoms with Crippen LogP contribution in [0, 0.1) is 0 Å². The molecule has 10 heteroatoms. The standard InChI is InChI=1S/C28H28Br2N4O2S2/c1-37-27(25-15-24(29)26(30)34(25)20-36-18-22-11-7-4-8-12-22)31-14-13-23-16-33(28(32-23)38-2)19-35-17-21-9-5-3-6-10-21/h3-16H,17-20H2,1-2H3/b14-13+,31-27?. The molecule has 38 heavy (non-hydrogen) atoms. The number of thioether (sulfide) groups is 2. The molecule has 0 bridgehead atoms. The third-order valence-corrected chi connectivity index (χ3v) is 8.84. The third-order valence-electron chi connectivity index (χ3n) is 5.45. The van der Waals surface area contributed by atoms with E-state index in [1.165, 1.54) is 0 Å². The fraction of sp³-hybridized carbons (Fsp3) is 0.214. The maximum absolute atomic E-state index is 6.00. The van der Waals surface area contributed by atoms with Crippen LogP contribution in [0.15, 0.2) is 98.4 Å². The highest BCUT2D eigenvalue weighted by molar-refractivity contribution is 9.13. The second kappa shape index (κ2) is 14.9. The monoisotopic (exact) mass is 674 g/mol. The van der Waals surface area contributed by atoms with Crippen molar-refractivity contribution in [1.29, 1.82) is 0 Å². The summed E-state index contributed by atoms with van der Waals surface area (Å²) in [4.78, 5) is 9.45. The molecule has 0 saturated carbocycles. The minimum atomic E-state index is 0.393. The molecule has 6 nitrogen and oxygen atoms in total. The molecule has 0 aliphatic carbocycles. The zero-order valence-electron chi connectivity index (χ0n) is 21.1. The first kappa shape index (κ1) is 28.9. The Labute approximate surface area is 248 Å². The Kier molecular flexibility index (Phi) is 11.3. The Bertz CT molecular complexity index is 1370. The van der Waals surface area contributed by atoms with E-state index >= 15 is 0 Å². The van der Waals surface area contributed by atoms with Gasteiger partial charge in [-0.1, -0.05) is 72.4 Å². The fourth-order valence-corrected chi connectivity index (χ4v) is 5.54. The number of hydrogen-bond acceptors (Lipinski definition) is 6. The van der Waals surface area contributed by atoms with Crippen LogP contribution in [-0.2, 0) is 36.1 Å². The summed E-state index contributed by atoms with van der Waals surface area (Å²) in [6, 6.07) is 22.3. The molecule has 0 atom stereocenters. The van der Waals surface area contributed by atoms with Crippen molar-refractivity contribution in [2.24, 2.45) is 4.99 Å². The van der Waals surface area contributed by atoms with Crippen molar-refractivity contribution in [2.45, 2.75) is 31.8 Å². The Hall–Kier alpha value is -2.08. The highest BCUT2D eigenvalue weighted by Crippen LogP contribution is 2.30. The predicted octanol–water partition coefficient (Wildman–Crippen LogP) is 8.06. The Morgan fingerprint density at radius 2 is 1.58 bits per heavy atom. The van der Waals surface area contributed by atoms with E-state index < -0.39 is 0 Å². The third kappa shape index (κ3) is 7.97. The van der Waals surface area contributed by atoms with E-state index in [4.69, 9.17) is 19.5 Å². The number of benzene rings is 2. The summed E-state index contributed by atoms with van der Waals surface area (Å²) in [5.41, 5.74) is 4.06. The normalized spacial score (nSPS) is 12.1. The molecular formula is C28H28Br2N4O2S2. The van der Waals surface area contributed by atoms with Gasteiger partial charge in [-0.05, 0) is 67.6 Å². The Morgan fingerprint density at radius 1 is 0.947 bits per heavy atom. The van der Waals surface area contributed by atoms with Gasteiger partial charge in [0.25, 0.3) is 0 Å². The molecule has 2 aromatic carbocycles. The highest BCUT2D eigenvalue weighted by Gasteiger charge is 2.16. The Balaban J connectivity index is 1.43. The average Bonchev–Trinajstić information content (AvgIpc) is 3.47. The van der Waals surface area contributed by atoms with Crippen molar-refractivity contribution in [1.82, 2.24) is 14.1 Å². The molecule has 0 radical (unpaired) electrons. The van der Waals surface area contributed by atoms with Crippen molar-refractivity contribution in [2.75, 3.05) is 12.5 Å². The van der Waals surface area contributed by atoms with Gasteiger partial charge in [0.05, 0.1) is 29.1 Å². The second-order valence-corrected chi connectivity index (χ2v) is 11.3. The number of halogens is 2. The summed E-state index contributed by atoms with van der Waals surface area (Å²) >= 11 is 10.5. The summed E-state index contributed by atoms with van der Waals surface area (Å²) in [7, 11) is 0. The first-order valence-corrected chi connectivity index (χ1v) is 15.8. The number of rotatable bonds is 12. The number of hydrogen-bond donors (Lipinski definition) is 0. The second-order valence-electron chi connectivity index (χ2n) is 8.10. The van der Waals surface area contributed by atoms with Gasteiger partial charge in [0.1, 0.15) is 23.1 Å². The van der Waals surface area contributed by atoms with E-state index in [2.05, 4.69) is 60.7 Å². The van der Waals surface area contributed by atoms with Crippen LogP contribution in [0.2, 0.25) is 0 Å². The van der Waals surface area contributed by atoms with Gasteiger partial charge in [-0.15, -0.1) is 11.8 Å². The van der Waals surface area contributed by atoms with Crippen molar-refractivity contribution in [3.63, 3.8) is 0 Å². The summed E-state index contributed by atoms with van der Waals surface area (Å²) in [5.74, 6) is 0. The van der Waals surface area contributed by atoms with Gasteiger partial charge in [0.2, 0.25) is 0 Å². The molecule has 4 rings (SSSR count). The van der Waals surface area contributed by atoms with Crippen molar-refractivity contribution in [3.8, 4) is 0 Å². The van der Waals surface area contributed by atoms with Crippen LogP contribution in [-0.4, -0.2) is 31.7 Å². The van der Waals surface area contributed by atoms with Gasteiger partial charge in [0.15, 0.2) is 5.16 Å². The summed E-state index contributed by atoms with van der Waals surface area (Å²) in [5, 5.41) is 1.76. The smallest absolute Gasteiger partial charge is 0.170 e. The molecule has 0 fully saturated rings. The van der Waals surface area contributed by atoms with Crippen LogP contribution in [0.1, 0.15) is 22.5 Å². The lowest BCUT2D eigenvalue weighted by molar-refractivity contribution is 0.0587. The van der Waals surface area contributed by atoms with E-state index in [-0.39, 0.29) is 0 Å². The quantitative estimate of drug-likeness (QED) is 0.0864. The predicted molar refractivity (Wildman–Crippen MR) is 165 cm³/mol. The minimum absolute atomic E-state index is 0.393. The van der Waals surface area contributed by atoms with Crippen LogP contribution >= 0.6 is 55.4 Å². The topological polar surface area (TPSA) is 53.6 Å². The zero-order chi connectivity index (χ0) is 26.7. The van der Waals surface area contributed by atoms with Gasteiger partial charge >= 0.3 is 0 Å². The molecule has 2 aromatic heterocycles. The van der Waals surface area contributed by atoms with E-state index in [0.29, 0.717) is 26.7 Å². The maximum Gasteiger partial charge on any atom is 0.170 e. The van der Waals surface area contributed by atoms with Crippen LogP contribution in [0.5, 0.6) is 0 Å². The maximum atomic E-state index is 6.00. The zero-order valence-corrected chi connectivity index (χ0v) is 25.9. The first-order chi connectivity index (χ1) is 18.6. The number of ether oxygens (including phenoxy) is 2. The molecule has 0 aliphatic rings.